The molecule has 3 heterocycles. The average molecular weight is 363 g/mol. The van der Waals surface area contributed by atoms with Crippen LogP contribution in [0.5, 0.6) is 11.9 Å². The molecule has 1 aromatic heterocycles. The summed E-state index contributed by atoms with van der Waals surface area (Å²) >= 11 is 0. The van der Waals surface area contributed by atoms with Crippen LogP contribution in [-0.2, 0) is 9.47 Å². The van der Waals surface area contributed by atoms with Crippen molar-refractivity contribution in [3.05, 3.63) is 17.8 Å². The van der Waals surface area contributed by atoms with Crippen LogP contribution < -0.4 is 9.47 Å². The third-order valence-electron chi connectivity index (χ3n) is 4.26. The molecule has 0 aromatic carbocycles. The molecule has 2 aliphatic rings. The Labute approximate surface area is 153 Å². The van der Waals surface area contributed by atoms with Crippen LogP contribution in [0.15, 0.2) is 12.3 Å². The minimum absolute atomic E-state index is 0.101. The summed E-state index contributed by atoms with van der Waals surface area (Å²) < 4.78 is 21.7. The van der Waals surface area contributed by atoms with Crippen LogP contribution in [-0.4, -0.2) is 66.1 Å². The molecule has 2 aliphatic heterocycles. The first-order chi connectivity index (χ1) is 12.3. The van der Waals surface area contributed by atoms with Gasteiger partial charge in [-0.15, -0.1) is 0 Å². The number of morpholine rings is 1. The predicted molar refractivity (Wildman–Crippen MR) is 94.2 cm³/mol. The normalized spacial score (nSPS) is 22.5. The molecule has 0 spiro atoms. The molecule has 0 radical (unpaired) electrons. The van der Waals surface area contributed by atoms with Crippen LogP contribution in [0.2, 0.25) is 0 Å². The number of carbonyl (C=O) groups is 1. The lowest BCUT2D eigenvalue weighted by Crippen LogP contribution is -2.57. The topological polar surface area (TPSA) is 83.0 Å². The van der Waals surface area contributed by atoms with Crippen molar-refractivity contribution in [3.8, 4) is 11.9 Å². The van der Waals surface area contributed by atoms with Crippen molar-refractivity contribution in [2.75, 3.05) is 27.4 Å². The van der Waals surface area contributed by atoms with Gasteiger partial charge >= 0.3 is 12.1 Å². The number of amides is 1. The summed E-state index contributed by atoms with van der Waals surface area (Å²) in [5.74, 6) is 0.452. The molecule has 2 atom stereocenters. The number of nitrogens with zero attached hydrogens (tertiary/aromatic N) is 3. The van der Waals surface area contributed by atoms with Crippen molar-refractivity contribution in [3.63, 3.8) is 0 Å². The smallest absolute Gasteiger partial charge is 0.411 e. The molecular formula is C18H25N3O5. The Hall–Kier alpha value is -2.35. The minimum atomic E-state index is -0.538. The maximum absolute atomic E-state index is 12.6. The Morgan fingerprint density at radius 3 is 2.65 bits per heavy atom. The zero-order chi connectivity index (χ0) is 18.9. The summed E-state index contributed by atoms with van der Waals surface area (Å²) in [5.41, 5.74) is 1.29. The van der Waals surface area contributed by atoms with Gasteiger partial charge in [0.05, 0.1) is 45.1 Å². The van der Waals surface area contributed by atoms with Crippen molar-refractivity contribution in [2.45, 2.75) is 44.9 Å². The molecule has 0 aliphatic carbocycles. The van der Waals surface area contributed by atoms with E-state index < -0.39 is 5.60 Å². The van der Waals surface area contributed by atoms with E-state index in [0.29, 0.717) is 25.5 Å². The van der Waals surface area contributed by atoms with E-state index in [4.69, 9.17) is 18.9 Å². The second kappa shape index (κ2) is 7.11. The van der Waals surface area contributed by atoms with Gasteiger partial charge in [-0.1, -0.05) is 6.08 Å². The zero-order valence-electron chi connectivity index (χ0n) is 15.8. The van der Waals surface area contributed by atoms with Crippen LogP contribution in [0.3, 0.4) is 0 Å². The first-order valence-corrected chi connectivity index (χ1v) is 8.57. The summed E-state index contributed by atoms with van der Waals surface area (Å²) in [6, 6.07) is -0.0458. The van der Waals surface area contributed by atoms with Gasteiger partial charge in [-0.05, 0) is 32.8 Å². The number of methoxy groups -OCH3 is 2. The Bertz CT molecular complexity index is 713. The van der Waals surface area contributed by atoms with E-state index in [-0.39, 0.29) is 24.2 Å². The lowest BCUT2D eigenvalue weighted by molar-refractivity contribution is -0.0510. The number of hydrogen-bond donors (Lipinski definition) is 0. The van der Waals surface area contributed by atoms with Gasteiger partial charge in [0.15, 0.2) is 0 Å². The quantitative estimate of drug-likeness (QED) is 0.815. The van der Waals surface area contributed by atoms with Crippen LogP contribution >= 0.6 is 0 Å². The molecule has 2 unspecified atom stereocenters. The molecule has 142 valence electrons. The first kappa shape index (κ1) is 18.4. The summed E-state index contributed by atoms with van der Waals surface area (Å²) in [5, 5.41) is 0. The fourth-order valence-corrected chi connectivity index (χ4v) is 3.22. The van der Waals surface area contributed by atoms with Gasteiger partial charge in [0, 0.05) is 6.20 Å². The summed E-state index contributed by atoms with van der Waals surface area (Å²) in [7, 11) is 3.07. The van der Waals surface area contributed by atoms with Gasteiger partial charge in [0.25, 0.3) is 0 Å². The fourth-order valence-electron chi connectivity index (χ4n) is 3.22. The third-order valence-corrected chi connectivity index (χ3v) is 4.26. The number of ether oxygens (including phenoxy) is 4. The molecule has 1 fully saturated rings. The molecule has 8 nitrogen and oxygen atoms in total. The van der Waals surface area contributed by atoms with Gasteiger partial charge in [-0.2, -0.15) is 4.98 Å². The molecule has 1 saturated heterocycles. The highest BCUT2D eigenvalue weighted by molar-refractivity contribution is 5.76. The van der Waals surface area contributed by atoms with E-state index in [1.807, 2.05) is 26.8 Å². The minimum Gasteiger partial charge on any atom is -0.480 e. The van der Waals surface area contributed by atoms with Gasteiger partial charge in [-0.25, -0.2) is 9.78 Å². The van der Waals surface area contributed by atoms with Gasteiger partial charge in [0.2, 0.25) is 5.88 Å². The maximum Gasteiger partial charge on any atom is 0.411 e. The lowest BCUT2D eigenvalue weighted by atomic mass is 9.91. The Morgan fingerprint density at radius 2 is 2.04 bits per heavy atom. The van der Waals surface area contributed by atoms with Gasteiger partial charge < -0.3 is 18.9 Å². The van der Waals surface area contributed by atoms with Crippen molar-refractivity contribution >= 4 is 11.7 Å². The lowest BCUT2D eigenvalue weighted by Gasteiger charge is -2.44. The van der Waals surface area contributed by atoms with Crippen molar-refractivity contribution in [1.29, 1.82) is 0 Å². The second-order valence-electron chi connectivity index (χ2n) is 7.32. The average Bonchev–Trinajstić information content (AvgIpc) is 2.58. The first-order valence-electron chi connectivity index (χ1n) is 8.57. The zero-order valence-corrected chi connectivity index (χ0v) is 15.8. The molecule has 3 rings (SSSR count). The monoisotopic (exact) mass is 363 g/mol. The Balaban J connectivity index is 1.90. The molecule has 0 saturated carbocycles. The van der Waals surface area contributed by atoms with E-state index in [2.05, 4.69) is 9.97 Å². The van der Waals surface area contributed by atoms with Crippen molar-refractivity contribution in [1.82, 2.24) is 14.9 Å². The Morgan fingerprint density at radius 1 is 1.27 bits per heavy atom. The highest BCUT2D eigenvalue weighted by Gasteiger charge is 2.40. The Kier molecular flexibility index (Phi) is 5.04. The second-order valence-corrected chi connectivity index (χ2v) is 7.32. The standard InChI is InChI=1S/C18H25N3O5/c1-18(2,3)26-17(22)21-12-6-11(7-13(21)10-25-9-12)14-8-19-16(24-5)20-15(14)23-4/h6,8,12-13H,7,9-10H2,1-5H3. The van der Waals surface area contributed by atoms with Crippen LogP contribution in [0.25, 0.3) is 5.57 Å². The van der Waals surface area contributed by atoms with Gasteiger partial charge in [0.1, 0.15) is 5.60 Å². The molecule has 0 N–H and O–H groups in total. The third kappa shape index (κ3) is 3.75. The number of rotatable bonds is 3. The largest absolute Gasteiger partial charge is 0.480 e. The summed E-state index contributed by atoms with van der Waals surface area (Å²) in [4.78, 5) is 22.8. The molecule has 26 heavy (non-hydrogen) atoms. The van der Waals surface area contributed by atoms with E-state index in [9.17, 15) is 4.79 Å². The fraction of sp³-hybridized carbons (Fsp3) is 0.611. The summed E-state index contributed by atoms with van der Waals surface area (Å²) in [6.45, 7) is 6.48. The highest BCUT2D eigenvalue weighted by Crippen LogP contribution is 2.36. The van der Waals surface area contributed by atoms with Crippen LogP contribution in [0.1, 0.15) is 32.8 Å². The van der Waals surface area contributed by atoms with Crippen LogP contribution in [0.4, 0.5) is 4.79 Å². The molecule has 1 aromatic rings. The molecule has 2 bridgehead atoms. The molecular weight excluding hydrogens is 338 g/mol. The SMILES string of the molecule is COc1ncc(C2=CC3COCC(C2)N3C(=O)OC(C)(C)C)c(OC)n1. The molecule has 1 amide bonds. The number of hydrogen-bond acceptors (Lipinski definition) is 7. The van der Waals surface area contributed by atoms with E-state index in [1.165, 1.54) is 7.11 Å². The number of aromatic nitrogens is 2. The number of fused-ring (bicyclic) bond motifs is 2. The van der Waals surface area contributed by atoms with E-state index >= 15 is 0 Å². The maximum atomic E-state index is 12.6. The van der Waals surface area contributed by atoms with E-state index in [0.717, 1.165) is 11.1 Å². The highest BCUT2D eigenvalue weighted by atomic mass is 16.6. The van der Waals surface area contributed by atoms with Crippen molar-refractivity contribution < 1.29 is 23.7 Å². The predicted octanol–water partition coefficient (Wildman–Crippen LogP) is 2.29. The molecule has 8 heteroatoms. The van der Waals surface area contributed by atoms with Crippen LogP contribution in [0, 0.1) is 0 Å². The van der Waals surface area contributed by atoms with E-state index in [1.54, 1.807) is 18.2 Å². The van der Waals surface area contributed by atoms with Crippen molar-refractivity contribution in [2.24, 2.45) is 0 Å². The number of carbonyl (C=O) groups excluding carboxylic acids is 1. The van der Waals surface area contributed by atoms with Gasteiger partial charge in [-0.3, -0.25) is 4.90 Å². The summed E-state index contributed by atoms with van der Waals surface area (Å²) in [6.07, 6.45) is 4.00.